The van der Waals surface area contributed by atoms with Crippen molar-refractivity contribution in [2.24, 2.45) is 10.9 Å². The number of hydrogen-bond acceptors (Lipinski definition) is 5. The Kier molecular flexibility index (Phi) is 7.05. The molecule has 8 heteroatoms. The van der Waals surface area contributed by atoms with Gasteiger partial charge in [0.15, 0.2) is 0 Å². The first-order valence-corrected chi connectivity index (χ1v) is 11.8. The van der Waals surface area contributed by atoms with Gasteiger partial charge in [-0.25, -0.2) is 0 Å². The van der Waals surface area contributed by atoms with E-state index < -0.39 is 11.9 Å². The summed E-state index contributed by atoms with van der Waals surface area (Å²) in [4.78, 5) is 55.8. The van der Waals surface area contributed by atoms with E-state index in [2.05, 4.69) is 22.2 Å². The van der Waals surface area contributed by atoms with Gasteiger partial charge in [0.2, 0.25) is 11.8 Å². The van der Waals surface area contributed by atoms with E-state index in [9.17, 15) is 19.2 Å². The van der Waals surface area contributed by atoms with Crippen molar-refractivity contribution in [1.82, 2.24) is 15.5 Å². The van der Waals surface area contributed by atoms with Gasteiger partial charge in [-0.15, -0.1) is 0 Å². The van der Waals surface area contributed by atoms with Crippen molar-refractivity contribution in [3.63, 3.8) is 0 Å². The van der Waals surface area contributed by atoms with Gasteiger partial charge in [0.05, 0.1) is 11.8 Å². The molecular formula is C26H30N4O4. The van der Waals surface area contributed by atoms with Crippen LogP contribution in [0.25, 0.3) is 0 Å². The van der Waals surface area contributed by atoms with Crippen LogP contribution in [-0.2, 0) is 16.1 Å². The number of rotatable bonds is 7. The van der Waals surface area contributed by atoms with Gasteiger partial charge in [-0.05, 0) is 61.9 Å². The molecule has 8 nitrogen and oxygen atoms in total. The van der Waals surface area contributed by atoms with Crippen LogP contribution in [0.5, 0.6) is 0 Å². The molecule has 0 spiro atoms. The molecular weight excluding hydrogens is 432 g/mol. The Morgan fingerprint density at radius 3 is 2.68 bits per heavy atom. The third kappa shape index (κ3) is 4.71. The Labute approximate surface area is 199 Å². The summed E-state index contributed by atoms with van der Waals surface area (Å²) in [5.74, 6) is -0.968. The van der Waals surface area contributed by atoms with E-state index in [4.69, 9.17) is 0 Å². The maximum atomic E-state index is 13.2. The average Bonchev–Trinajstić information content (AvgIpc) is 3.47. The van der Waals surface area contributed by atoms with Crippen molar-refractivity contribution in [2.75, 3.05) is 0 Å². The van der Waals surface area contributed by atoms with E-state index in [0.717, 1.165) is 31.4 Å². The zero-order chi connectivity index (χ0) is 24.2. The number of piperidine rings is 1. The number of carbonyl (C=O) groups is 4. The number of aliphatic imine (C=N–C) groups is 1. The lowest BCUT2D eigenvalue weighted by Gasteiger charge is -2.29. The Morgan fingerprint density at radius 1 is 1.24 bits per heavy atom. The standard InChI is InChI=1S/C26H30N4O4/c1-3-13-27-20(4-2)23(16-7-5-6-8-16)29-24(32)17-9-10-19-18(14-17)15-30(26(19)34)21-11-12-22(31)28-25(21)33/h3-4,9-10,13-14,16,21,23H,2,5-8,11-12,15H2,1H3,(H,29,32)(H,28,31,33)/b13-3-,27-20?/t21?,23-/m0/s1. The highest BCUT2D eigenvalue weighted by atomic mass is 16.2. The van der Waals surface area contributed by atoms with Crippen LogP contribution >= 0.6 is 0 Å². The molecule has 2 N–H and O–H groups in total. The number of carbonyl (C=O) groups excluding carboxylic acids is 4. The molecule has 34 heavy (non-hydrogen) atoms. The normalized spacial score (nSPS) is 22.1. The third-order valence-electron chi connectivity index (χ3n) is 6.84. The predicted molar refractivity (Wildman–Crippen MR) is 128 cm³/mol. The first kappa shape index (κ1) is 23.6. The minimum Gasteiger partial charge on any atom is -0.343 e. The Balaban J connectivity index is 1.53. The molecule has 4 amide bonds. The monoisotopic (exact) mass is 462 g/mol. The molecule has 1 saturated heterocycles. The summed E-state index contributed by atoms with van der Waals surface area (Å²) >= 11 is 0. The molecule has 3 aliphatic rings. The van der Waals surface area contributed by atoms with E-state index in [1.807, 2.05) is 13.0 Å². The van der Waals surface area contributed by atoms with Crippen LogP contribution in [-0.4, -0.2) is 46.3 Å². The van der Waals surface area contributed by atoms with Gasteiger partial charge in [0.25, 0.3) is 11.8 Å². The summed E-state index contributed by atoms with van der Waals surface area (Å²) in [5, 5.41) is 5.45. The van der Waals surface area contributed by atoms with Gasteiger partial charge in [-0.1, -0.05) is 25.5 Å². The van der Waals surface area contributed by atoms with Crippen LogP contribution in [0, 0.1) is 5.92 Å². The zero-order valence-corrected chi connectivity index (χ0v) is 19.4. The second-order valence-electron chi connectivity index (χ2n) is 9.01. The number of amides is 4. The molecule has 2 fully saturated rings. The number of imide groups is 1. The molecule has 0 bridgehead atoms. The minimum atomic E-state index is -0.681. The van der Waals surface area contributed by atoms with E-state index in [-0.39, 0.29) is 36.7 Å². The highest BCUT2D eigenvalue weighted by molar-refractivity contribution is 6.07. The van der Waals surface area contributed by atoms with Crippen LogP contribution in [0.3, 0.4) is 0 Å². The van der Waals surface area contributed by atoms with Crippen LogP contribution in [0.4, 0.5) is 0 Å². The first-order chi connectivity index (χ1) is 16.4. The van der Waals surface area contributed by atoms with Gasteiger partial charge in [-0.3, -0.25) is 29.5 Å². The van der Waals surface area contributed by atoms with Gasteiger partial charge < -0.3 is 10.2 Å². The van der Waals surface area contributed by atoms with Crippen LogP contribution in [0.15, 0.2) is 48.1 Å². The molecule has 1 saturated carbocycles. The molecule has 2 atom stereocenters. The largest absolute Gasteiger partial charge is 0.343 e. The number of hydrogen-bond donors (Lipinski definition) is 2. The maximum Gasteiger partial charge on any atom is 0.255 e. The van der Waals surface area contributed by atoms with Crippen LogP contribution < -0.4 is 10.6 Å². The van der Waals surface area contributed by atoms with E-state index in [1.54, 1.807) is 30.5 Å². The molecule has 1 aromatic carbocycles. The van der Waals surface area contributed by atoms with Crippen LogP contribution in [0.2, 0.25) is 0 Å². The summed E-state index contributed by atoms with van der Waals surface area (Å²) in [7, 11) is 0. The fourth-order valence-corrected chi connectivity index (χ4v) is 5.08. The summed E-state index contributed by atoms with van der Waals surface area (Å²) in [6.07, 6.45) is 10.0. The fraction of sp³-hybridized carbons (Fsp3) is 0.423. The maximum absolute atomic E-state index is 13.2. The van der Waals surface area contributed by atoms with Crippen molar-refractivity contribution in [3.8, 4) is 0 Å². The highest BCUT2D eigenvalue weighted by Crippen LogP contribution is 2.30. The average molecular weight is 463 g/mol. The van der Waals surface area contributed by atoms with Crippen LogP contribution in [0.1, 0.15) is 71.7 Å². The molecule has 1 aromatic rings. The van der Waals surface area contributed by atoms with Crippen molar-refractivity contribution in [1.29, 1.82) is 0 Å². The van der Waals surface area contributed by atoms with Crippen molar-refractivity contribution in [2.45, 2.75) is 64.1 Å². The number of allylic oxidation sites excluding steroid dienone is 1. The summed E-state index contributed by atoms with van der Waals surface area (Å²) < 4.78 is 0. The molecule has 4 rings (SSSR count). The lowest BCUT2D eigenvalue weighted by atomic mass is 9.93. The quantitative estimate of drug-likeness (QED) is 0.480. The second kappa shape index (κ2) is 10.2. The second-order valence-corrected chi connectivity index (χ2v) is 9.01. The van der Waals surface area contributed by atoms with Gasteiger partial charge >= 0.3 is 0 Å². The van der Waals surface area contributed by atoms with Crippen molar-refractivity contribution < 1.29 is 19.2 Å². The Hall–Kier alpha value is -3.55. The summed E-state index contributed by atoms with van der Waals surface area (Å²) in [6, 6.07) is 4.09. The molecule has 2 heterocycles. The van der Waals surface area contributed by atoms with E-state index >= 15 is 0 Å². The smallest absolute Gasteiger partial charge is 0.255 e. The molecule has 1 unspecified atom stereocenters. The SMILES string of the molecule is C=CC(=N/C=C\C)[C@@H](NC(=O)c1ccc2c(c1)CN(C1CCC(=O)NC1=O)C2=O)C1CCCC1. The predicted octanol–water partition coefficient (Wildman–Crippen LogP) is 2.90. The minimum absolute atomic E-state index is 0.202. The fourth-order valence-electron chi connectivity index (χ4n) is 5.08. The van der Waals surface area contributed by atoms with E-state index in [0.29, 0.717) is 29.0 Å². The Bertz CT molecular complexity index is 1080. The Morgan fingerprint density at radius 2 is 2.00 bits per heavy atom. The molecule has 1 aliphatic carbocycles. The first-order valence-electron chi connectivity index (χ1n) is 11.8. The number of nitrogens with zero attached hydrogens (tertiary/aromatic N) is 2. The summed E-state index contributed by atoms with van der Waals surface area (Å²) in [6.45, 7) is 6.01. The van der Waals surface area contributed by atoms with E-state index in [1.165, 1.54) is 4.90 Å². The third-order valence-corrected chi connectivity index (χ3v) is 6.84. The number of nitrogens with one attached hydrogen (secondary N) is 2. The number of fused-ring (bicyclic) bond motifs is 1. The van der Waals surface area contributed by atoms with Gasteiger partial charge in [0.1, 0.15) is 6.04 Å². The molecule has 2 aliphatic heterocycles. The number of benzene rings is 1. The van der Waals surface area contributed by atoms with Crippen molar-refractivity contribution in [3.05, 3.63) is 59.8 Å². The van der Waals surface area contributed by atoms with Gasteiger partial charge in [-0.2, -0.15) is 0 Å². The molecule has 0 aromatic heterocycles. The highest BCUT2D eigenvalue weighted by Gasteiger charge is 2.39. The lowest BCUT2D eigenvalue weighted by molar-refractivity contribution is -0.136. The lowest BCUT2D eigenvalue weighted by Crippen LogP contribution is -2.52. The zero-order valence-electron chi connectivity index (χ0n) is 19.4. The molecule has 0 radical (unpaired) electrons. The summed E-state index contributed by atoms with van der Waals surface area (Å²) in [5.41, 5.74) is 2.37. The van der Waals surface area contributed by atoms with Crippen molar-refractivity contribution >= 4 is 29.3 Å². The van der Waals surface area contributed by atoms with Gasteiger partial charge in [0, 0.05) is 30.3 Å². The molecule has 178 valence electrons. The topological polar surface area (TPSA) is 108 Å².